The fourth-order valence-electron chi connectivity index (χ4n) is 2.40. The fourth-order valence-corrected chi connectivity index (χ4v) is 4.72. The minimum Gasteiger partial charge on any atom is -0.484 e. The van der Waals surface area contributed by atoms with Crippen LogP contribution in [0.4, 0.5) is 0 Å². The third-order valence-corrected chi connectivity index (χ3v) is 5.58. The van der Waals surface area contributed by atoms with Crippen molar-refractivity contribution in [1.29, 1.82) is 0 Å². The van der Waals surface area contributed by atoms with E-state index in [1.54, 1.807) is 25.1 Å². The Balaban J connectivity index is 1.91. The van der Waals surface area contributed by atoms with Crippen molar-refractivity contribution in [2.45, 2.75) is 25.8 Å². The van der Waals surface area contributed by atoms with Crippen molar-refractivity contribution in [3.05, 3.63) is 28.8 Å². The van der Waals surface area contributed by atoms with Gasteiger partial charge in [-0.2, -0.15) is 0 Å². The highest BCUT2D eigenvalue weighted by Gasteiger charge is 2.39. The second kappa shape index (κ2) is 5.85. The average molecular weight is 332 g/mol. The molecule has 21 heavy (non-hydrogen) atoms. The molecule has 1 aromatic rings. The second-order valence-corrected chi connectivity index (χ2v) is 8.27. The maximum atomic E-state index is 11.9. The van der Waals surface area contributed by atoms with Gasteiger partial charge in [0.1, 0.15) is 5.75 Å². The number of nitrogens with one attached hydrogen (secondary N) is 1. The molecule has 1 aliphatic heterocycles. The van der Waals surface area contributed by atoms with E-state index in [2.05, 4.69) is 5.32 Å². The van der Waals surface area contributed by atoms with Crippen LogP contribution in [0.1, 0.15) is 18.9 Å². The molecule has 0 bridgehead atoms. The van der Waals surface area contributed by atoms with Crippen molar-refractivity contribution < 1.29 is 17.9 Å². The SMILES string of the molecule is Cc1cc(Cl)ccc1OCC(=O)N[C@]1(C)CCS(=O)(=O)C1. The minimum absolute atomic E-state index is 0.0221. The number of rotatable bonds is 4. The Labute approximate surface area is 129 Å². The predicted molar refractivity (Wildman–Crippen MR) is 81.5 cm³/mol. The summed E-state index contributed by atoms with van der Waals surface area (Å²) in [7, 11) is -3.05. The molecule has 1 heterocycles. The maximum Gasteiger partial charge on any atom is 0.258 e. The Bertz CT molecular complexity index is 659. The lowest BCUT2D eigenvalue weighted by Gasteiger charge is -2.23. The molecule has 2 rings (SSSR count). The molecule has 0 radical (unpaired) electrons. The molecular weight excluding hydrogens is 314 g/mol. The summed E-state index contributed by atoms with van der Waals surface area (Å²) in [6.07, 6.45) is 0.432. The fraction of sp³-hybridized carbons (Fsp3) is 0.500. The number of hydrogen-bond donors (Lipinski definition) is 1. The summed E-state index contributed by atoms with van der Waals surface area (Å²) in [6.45, 7) is 3.42. The van der Waals surface area contributed by atoms with E-state index < -0.39 is 15.4 Å². The zero-order valence-corrected chi connectivity index (χ0v) is 13.6. The Kier molecular flexibility index (Phi) is 4.49. The number of benzene rings is 1. The Hall–Kier alpha value is -1.27. The van der Waals surface area contributed by atoms with Gasteiger partial charge >= 0.3 is 0 Å². The van der Waals surface area contributed by atoms with Crippen molar-refractivity contribution in [3.8, 4) is 5.75 Å². The van der Waals surface area contributed by atoms with E-state index in [0.717, 1.165) is 5.56 Å². The van der Waals surface area contributed by atoms with Crippen molar-refractivity contribution in [2.75, 3.05) is 18.1 Å². The molecule has 0 aliphatic carbocycles. The largest absolute Gasteiger partial charge is 0.484 e. The van der Waals surface area contributed by atoms with E-state index in [1.807, 2.05) is 6.92 Å². The highest BCUT2D eigenvalue weighted by Crippen LogP contribution is 2.23. The third-order valence-electron chi connectivity index (χ3n) is 3.44. The zero-order valence-electron chi connectivity index (χ0n) is 12.0. The molecule has 7 heteroatoms. The number of halogens is 1. The average Bonchev–Trinajstić information content (AvgIpc) is 2.62. The standard InChI is InChI=1S/C14H18ClNO4S/c1-10-7-11(15)3-4-12(10)20-8-13(17)16-14(2)5-6-21(18,19)9-14/h3-4,7H,5-6,8-9H2,1-2H3,(H,16,17)/t14-/m1/s1. The van der Waals surface area contributed by atoms with Crippen LogP contribution in [0.5, 0.6) is 5.75 Å². The molecule has 0 saturated carbocycles. The monoisotopic (exact) mass is 331 g/mol. The van der Waals surface area contributed by atoms with E-state index in [1.165, 1.54) is 0 Å². The smallest absolute Gasteiger partial charge is 0.258 e. The molecule has 0 spiro atoms. The van der Waals surface area contributed by atoms with E-state index in [4.69, 9.17) is 16.3 Å². The first-order valence-electron chi connectivity index (χ1n) is 6.60. The predicted octanol–water partition coefficient (Wildman–Crippen LogP) is 1.72. The lowest BCUT2D eigenvalue weighted by molar-refractivity contribution is -0.124. The molecule has 5 nitrogen and oxygen atoms in total. The Morgan fingerprint density at radius 2 is 2.19 bits per heavy atom. The van der Waals surface area contributed by atoms with Crippen LogP contribution in [0.25, 0.3) is 0 Å². The van der Waals surface area contributed by atoms with E-state index >= 15 is 0 Å². The summed E-state index contributed by atoms with van der Waals surface area (Å²) < 4.78 is 28.4. The number of amides is 1. The van der Waals surface area contributed by atoms with Crippen molar-refractivity contribution in [2.24, 2.45) is 0 Å². The topological polar surface area (TPSA) is 72.5 Å². The van der Waals surface area contributed by atoms with Crippen LogP contribution in [0, 0.1) is 6.92 Å². The molecule has 116 valence electrons. The zero-order chi connectivity index (χ0) is 15.7. The first kappa shape index (κ1) is 16.1. The van der Waals surface area contributed by atoms with Crippen LogP contribution in [0.3, 0.4) is 0 Å². The van der Waals surface area contributed by atoms with Gasteiger partial charge in [-0.05, 0) is 44.0 Å². The molecule has 1 N–H and O–H groups in total. The molecule has 1 amide bonds. The van der Waals surface area contributed by atoms with Gasteiger partial charge in [0.05, 0.1) is 17.0 Å². The van der Waals surface area contributed by atoms with Gasteiger partial charge < -0.3 is 10.1 Å². The molecule has 1 atom stereocenters. The molecule has 0 unspecified atom stereocenters. The van der Waals surface area contributed by atoms with Gasteiger partial charge in [-0.25, -0.2) is 8.42 Å². The second-order valence-electron chi connectivity index (χ2n) is 5.65. The quantitative estimate of drug-likeness (QED) is 0.911. The molecule has 1 fully saturated rings. The highest BCUT2D eigenvalue weighted by atomic mass is 35.5. The number of sulfone groups is 1. The molecule has 0 aromatic heterocycles. The van der Waals surface area contributed by atoms with Gasteiger partial charge in [0.2, 0.25) is 0 Å². The summed E-state index contributed by atoms with van der Waals surface area (Å²) in [4.78, 5) is 11.9. The van der Waals surface area contributed by atoms with Gasteiger partial charge in [-0.15, -0.1) is 0 Å². The number of aryl methyl sites for hydroxylation is 1. The third kappa shape index (κ3) is 4.35. The van der Waals surface area contributed by atoms with Gasteiger partial charge in [0.15, 0.2) is 16.4 Å². The van der Waals surface area contributed by atoms with Crippen LogP contribution in [0.15, 0.2) is 18.2 Å². The van der Waals surface area contributed by atoms with Crippen molar-refractivity contribution in [3.63, 3.8) is 0 Å². The Morgan fingerprint density at radius 1 is 1.48 bits per heavy atom. The van der Waals surface area contributed by atoms with Gasteiger partial charge in [-0.3, -0.25) is 4.79 Å². The van der Waals surface area contributed by atoms with E-state index in [0.29, 0.717) is 17.2 Å². The number of carbonyl (C=O) groups is 1. The summed E-state index contributed by atoms with van der Waals surface area (Å²) in [5, 5.41) is 3.35. The molecule has 1 aliphatic rings. The maximum absolute atomic E-state index is 11.9. The number of carbonyl (C=O) groups excluding carboxylic acids is 1. The lowest BCUT2D eigenvalue weighted by Crippen LogP contribution is -2.48. The van der Waals surface area contributed by atoms with E-state index in [-0.39, 0.29) is 24.0 Å². The first-order chi connectivity index (χ1) is 9.69. The number of hydrogen-bond acceptors (Lipinski definition) is 4. The van der Waals surface area contributed by atoms with Crippen LogP contribution in [-0.4, -0.2) is 38.0 Å². The van der Waals surface area contributed by atoms with Crippen molar-refractivity contribution >= 4 is 27.3 Å². The van der Waals surface area contributed by atoms with Crippen LogP contribution in [-0.2, 0) is 14.6 Å². The summed E-state index contributed by atoms with van der Waals surface area (Å²) in [5.74, 6) is 0.342. The summed E-state index contributed by atoms with van der Waals surface area (Å²) >= 11 is 5.85. The van der Waals surface area contributed by atoms with Gasteiger partial charge in [0.25, 0.3) is 5.91 Å². The van der Waals surface area contributed by atoms with E-state index in [9.17, 15) is 13.2 Å². The highest BCUT2D eigenvalue weighted by molar-refractivity contribution is 7.91. The normalized spacial score (nSPS) is 23.8. The lowest BCUT2D eigenvalue weighted by atomic mass is 10.0. The van der Waals surface area contributed by atoms with Crippen LogP contribution < -0.4 is 10.1 Å². The summed E-state index contributed by atoms with van der Waals surface area (Å²) in [6, 6.07) is 5.14. The van der Waals surface area contributed by atoms with Crippen LogP contribution in [0.2, 0.25) is 5.02 Å². The number of ether oxygens (including phenoxy) is 1. The first-order valence-corrected chi connectivity index (χ1v) is 8.79. The molecule has 1 saturated heterocycles. The summed E-state index contributed by atoms with van der Waals surface area (Å²) in [5.41, 5.74) is 0.138. The van der Waals surface area contributed by atoms with Gasteiger partial charge in [0, 0.05) is 5.02 Å². The molecule has 1 aromatic carbocycles. The minimum atomic E-state index is -3.05. The molecular formula is C14H18ClNO4S. The van der Waals surface area contributed by atoms with Crippen molar-refractivity contribution in [1.82, 2.24) is 5.32 Å². The van der Waals surface area contributed by atoms with Gasteiger partial charge in [-0.1, -0.05) is 11.6 Å². The Morgan fingerprint density at radius 3 is 2.76 bits per heavy atom. The van der Waals surface area contributed by atoms with Crippen LogP contribution >= 0.6 is 11.6 Å².